The van der Waals surface area contributed by atoms with E-state index in [0.29, 0.717) is 10.5 Å². The molecular formula is C8H5FN2S2. The quantitative estimate of drug-likeness (QED) is 0.736. The number of aromatic amines is 1. The van der Waals surface area contributed by atoms with E-state index in [-0.39, 0.29) is 5.82 Å². The zero-order chi connectivity index (χ0) is 9.26. The molecule has 2 aromatic heterocycles. The van der Waals surface area contributed by atoms with Gasteiger partial charge in [-0.25, -0.2) is 9.37 Å². The molecule has 0 aliphatic carbocycles. The average Bonchev–Trinajstić information content (AvgIpc) is 2.61. The van der Waals surface area contributed by atoms with Gasteiger partial charge in [0.25, 0.3) is 0 Å². The number of thiophene rings is 1. The number of hydrogen-bond donors (Lipinski definition) is 1. The predicted molar refractivity (Wildman–Crippen MR) is 52.7 cm³/mol. The first-order valence-electron chi connectivity index (χ1n) is 3.55. The number of H-pyrrole nitrogens is 1. The fraction of sp³-hybridized carbons (Fsp3) is 0. The highest BCUT2D eigenvalue weighted by atomic mass is 32.1. The van der Waals surface area contributed by atoms with Crippen molar-refractivity contribution < 1.29 is 4.39 Å². The number of nitrogens with zero attached hydrogens (tertiary/aromatic N) is 1. The lowest BCUT2D eigenvalue weighted by atomic mass is 10.2. The van der Waals surface area contributed by atoms with Gasteiger partial charge in [-0.3, -0.25) is 0 Å². The molecule has 0 fully saturated rings. The van der Waals surface area contributed by atoms with Gasteiger partial charge in [-0.15, -0.1) is 0 Å². The van der Waals surface area contributed by atoms with E-state index in [0.717, 1.165) is 11.8 Å². The van der Waals surface area contributed by atoms with Crippen LogP contribution in [0.4, 0.5) is 4.39 Å². The van der Waals surface area contributed by atoms with Crippen molar-refractivity contribution in [2.75, 3.05) is 0 Å². The molecule has 0 aliphatic heterocycles. The smallest absolute Gasteiger partial charge is 0.197 e. The van der Waals surface area contributed by atoms with E-state index in [9.17, 15) is 4.39 Å². The van der Waals surface area contributed by atoms with Crippen LogP contribution in [-0.2, 0) is 0 Å². The summed E-state index contributed by atoms with van der Waals surface area (Å²) in [6.07, 6.45) is 1.13. The Morgan fingerprint density at radius 3 is 3.08 bits per heavy atom. The molecule has 2 aromatic rings. The minimum Gasteiger partial charge on any atom is -0.328 e. The van der Waals surface area contributed by atoms with Gasteiger partial charge in [0.2, 0.25) is 0 Å². The minimum atomic E-state index is -0.382. The Bertz CT molecular complexity index is 461. The second kappa shape index (κ2) is 3.35. The molecule has 0 amide bonds. The SMILES string of the molecule is Fc1cnc(=S)[nH]c1-c1ccsc1. The van der Waals surface area contributed by atoms with Crippen LogP contribution in [0.5, 0.6) is 0 Å². The summed E-state index contributed by atoms with van der Waals surface area (Å²) >= 11 is 6.31. The first-order valence-corrected chi connectivity index (χ1v) is 4.90. The lowest BCUT2D eigenvalue weighted by Crippen LogP contribution is -1.90. The summed E-state index contributed by atoms with van der Waals surface area (Å²) in [7, 11) is 0. The Morgan fingerprint density at radius 2 is 2.38 bits per heavy atom. The third-order valence-electron chi connectivity index (χ3n) is 1.58. The fourth-order valence-electron chi connectivity index (χ4n) is 0.996. The molecule has 1 N–H and O–H groups in total. The molecule has 13 heavy (non-hydrogen) atoms. The number of nitrogens with one attached hydrogen (secondary N) is 1. The third kappa shape index (κ3) is 1.66. The fourth-order valence-corrected chi connectivity index (χ4v) is 1.80. The summed E-state index contributed by atoms with van der Waals surface area (Å²) < 4.78 is 13.5. The summed E-state index contributed by atoms with van der Waals surface area (Å²) in [4.78, 5) is 6.35. The Hall–Kier alpha value is -1.07. The zero-order valence-electron chi connectivity index (χ0n) is 6.45. The monoisotopic (exact) mass is 212 g/mol. The van der Waals surface area contributed by atoms with Gasteiger partial charge in [0.15, 0.2) is 10.6 Å². The molecule has 0 unspecified atom stereocenters. The number of rotatable bonds is 1. The molecule has 0 saturated heterocycles. The van der Waals surface area contributed by atoms with Gasteiger partial charge < -0.3 is 4.98 Å². The van der Waals surface area contributed by atoms with Crippen molar-refractivity contribution >= 4 is 23.6 Å². The maximum Gasteiger partial charge on any atom is 0.197 e. The molecule has 0 saturated carbocycles. The molecular weight excluding hydrogens is 207 g/mol. The highest BCUT2D eigenvalue weighted by Gasteiger charge is 2.05. The molecule has 0 atom stereocenters. The van der Waals surface area contributed by atoms with Crippen molar-refractivity contribution in [3.8, 4) is 11.3 Å². The van der Waals surface area contributed by atoms with Crippen LogP contribution in [0.15, 0.2) is 23.0 Å². The molecule has 0 spiro atoms. The van der Waals surface area contributed by atoms with Crippen molar-refractivity contribution in [2.24, 2.45) is 0 Å². The molecule has 0 bridgehead atoms. The molecule has 0 radical (unpaired) electrons. The van der Waals surface area contributed by atoms with Gasteiger partial charge in [-0.2, -0.15) is 11.3 Å². The summed E-state index contributed by atoms with van der Waals surface area (Å²) in [5.74, 6) is -0.382. The maximum absolute atomic E-state index is 13.2. The van der Waals surface area contributed by atoms with E-state index in [4.69, 9.17) is 12.2 Å². The first kappa shape index (κ1) is 8.52. The van der Waals surface area contributed by atoms with Crippen molar-refractivity contribution in [3.63, 3.8) is 0 Å². The van der Waals surface area contributed by atoms with Crippen LogP contribution < -0.4 is 0 Å². The number of aromatic nitrogens is 2. The molecule has 5 heteroatoms. The van der Waals surface area contributed by atoms with Gasteiger partial charge in [0.1, 0.15) is 0 Å². The largest absolute Gasteiger partial charge is 0.328 e. The van der Waals surface area contributed by atoms with E-state index in [2.05, 4.69) is 9.97 Å². The molecule has 66 valence electrons. The van der Waals surface area contributed by atoms with Crippen LogP contribution in [0.2, 0.25) is 0 Å². The van der Waals surface area contributed by atoms with Crippen LogP contribution in [0.25, 0.3) is 11.3 Å². The Morgan fingerprint density at radius 1 is 1.54 bits per heavy atom. The Balaban J connectivity index is 2.64. The van der Waals surface area contributed by atoms with E-state index < -0.39 is 0 Å². The van der Waals surface area contributed by atoms with Gasteiger partial charge in [-0.1, -0.05) is 0 Å². The molecule has 0 aliphatic rings. The summed E-state index contributed by atoms with van der Waals surface area (Å²) in [5.41, 5.74) is 1.21. The first-order chi connectivity index (χ1) is 6.27. The van der Waals surface area contributed by atoms with Crippen LogP contribution >= 0.6 is 23.6 Å². The second-order valence-corrected chi connectivity index (χ2v) is 3.59. The third-order valence-corrected chi connectivity index (χ3v) is 2.47. The minimum absolute atomic E-state index is 0.294. The number of halogens is 1. The van der Waals surface area contributed by atoms with Crippen LogP contribution in [-0.4, -0.2) is 9.97 Å². The van der Waals surface area contributed by atoms with E-state index in [1.807, 2.05) is 16.8 Å². The lowest BCUT2D eigenvalue weighted by Gasteiger charge is -1.98. The molecule has 2 nitrogen and oxygen atoms in total. The van der Waals surface area contributed by atoms with E-state index in [1.54, 1.807) is 0 Å². The van der Waals surface area contributed by atoms with Crippen LogP contribution in [0.1, 0.15) is 0 Å². The standard InChI is InChI=1S/C8H5FN2S2/c9-6-3-10-8(12)11-7(6)5-1-2-13-4-5/h1-4H,(H,10,11,12). The lowest BCUT2D eigenvalue weighted by molar-refractivity contribution is 0.617. The summed E-state index contributed by atoms with van der Waals surface area (Å²) in [6.45, 7) is 0. The Labute approximate surface area is 83.1 Å². The van der Waals surface area contributed by atoms with Gasteiger partial charge in [0, 0.05) is 10.9 Å². The van der Waals surface area contributed by atoms with Crippen molar-refractivity contribution in [3.05, 3.63) is 33.6 Å². The van der Waals surface area contributed by atoms with Gasteiger partial charge in [-0.05, 0) is 23.7 Å². The van der Waals surface area contributed by atoms with Crippen LogP contribution in [0, 0.1) is 10.6 Å². The van der Waals surface area contributed by atoms with Crippen LogP contribution in [0.3, 0.4) is 0 Å². The number of hydrogen-bond acceptors (Lipinski definition) is 3. The molecule has 2 rings (SSSR count). The average molecular weight is 212 g/mol. The van der Waals surface area contributed by atoms with Gasteiger partial charge >= 0.3 is 0 Å². The van der Waals surface area contributed by atoms with Crippen molar-refractivity contribution in [2.45, 2.75) is 0 Å². The summed E-state index contributed by atoms with van der Waals surface area (Å²) in [6, 6.07) is 1.83. The van der Waals surface area contributed by atoms with E-state index >= 15 is 0 Å². The highest BCUT2D eigenvalue weighted by molar-refractivity contribution is 7.71. The molecule has 2 heterocycles. The van der Waals surface area contributed by atoms with Gasteiger partial charge in [0.05, 0.1) is 11.9 Å². The normalized spacial score (nSPS) is 10.2. The highest BCUT2D eigenvalue weighted by Crippen LogP contribution is 2.21. The van der Waals surface area contributed by atoms with E-state index in [1.165, 1.54) is 11.3 Å². The second-order valence-electron chi connectivity index (χ2n) is 2.42. The maximum atomic E-state index is 13.2. The van der Waals surface area contributed by atoms with Crippen molar-refractivity contribution in [1.29, 1.82) is 0 Å². The van der Waals surface area contributed by atoms with Crippen molar-refractivity contribution in [1.82, 2.24) is 9.97 Å². The predicted octanol–water partition coefficient (Wildman–Crippen LogP) is 3.01. The summed E-state index contributed by atoms with van der Waals surface area (Å²) in [5, 5.41) is 3.73. The molecule has 0 aromatic carbocycles. The topological polar surface area (TPSA) is 28.7 Å². The zero-order valence-corrected chi connectivity index (χ0v) is 8.08. The Kier molecular flexibility index (Phi) is 2.20.